The molecule has 2 aliphatic rings. The second-order valence-corrected chi connectivity index (χ2v) is 7.63. The van der Waals surface area contributed by atoms with E-state index >= 15 is 0 Å². The van der Waals surface area contributed by atoms with Gasteiger partial charge in [0.15, 0.2) is 0 Å². The van der Waals surface area contributed by atoms with Gasteiger partial charge in [0.05, 0.1) is 11.4 Å². The summed E-state index contributed by atoms with van der Waals surface area (Å²) < 4.78 is 0. The van der Waals surface area contributed by atoms with Gasteiger partial charge in [-0.3, -0.25) is 14.4 Å². The molecule has 1 saturated carbocycles. The van der Waals surface area contributed by atoms with Crippen LogP contribution >= 0.6 is 11.8 Å². The average Bonchev–Trinajstić information content (AvgIpc) is 3.48. The molecule has 0 radical (unpaired) electrons. The lowest BCUT2D eigenvalue weighted by molar-refractivity contribution is -0.120. The molecule has 1 fully saturated rings. The maximum Gasteiger partial charge on any atom is 0.251 e. The Kier molecular flexibility index (Phi) is 4.85. The van der Waals surface area contributed by atoms with Gasteiger partial charge in [-0.2, -0.15) is 0 Å². The third-order valence-corrected chi connectivity index (χ3v) is 5.50. The van der Waals surface area contributed by atoms with Crippen LogP contribution in [-0.4, -0.2) is 36.1 Å². The first-order chi connectivity index (χ1) is 13.1. The number of anilines is 2. The van der Waals surface area contributed by atoms with Gasteiger partial charge in [0.2, 0.25) is 11.8 Å². The zero-order valence-electron chi connectivity index (χ0n) is 14.6. The van der Waals surface area contributed by atoms with Crippen LogP contribution in [0.2, 0.25) is 0 Å². The maximum absolute atomic E-state index is 12.4. The highest BCUT2D eigenvalue weighted by Gasteiger charge is 2.26. The molecule has 0 atom stereocenters. The highest BCUT2D eigenvalue weighted by atomic mass is 32.2. The first-order valence-electron chi connectivity index (χ1n) is 8.83. The first kappa shape index (κ1) is 17.6. The number of fused-ring (bicyclic) bond motifs is 1. The molecule has 6 nitrogen and oxygen atoms in total. The molecular formula is C20H19N3O3S. The minimum absolute atomic E-state index is 0.0413. The molecular weight excluding hydrogens is 362 g/mol. The van der Waals surface area contributed by atoms with Crippen LogP contribution in [0.5, 0.6) is 0 Å². The average molecular weight is 381 g/mol. The Hall–Kier alpha value is -2.80. The van der Waals surface area contributed by atoms with Crippen molar-refractivity contribution in [3.63, 3.8) is 0 Å². The van der Waals surface area contributed by atoms with Crippen molar-refractivity contribution in [2.75, 3.05) is 22.5 Å². The van der Waals surface area contributed by atoms with Gasteiger partial charge in [-0.15, -0.1) is 11.8 Å². The van der Waals surface area contributed by atoms with Crippen LogP contribution in [0.1, 0.15) is 23.2 Å². The van der Waals surface area contributed by atoms with Gasteiger partial charge in [0, 0.05) is 22.2 Å². The lowest BCUT2D eigenvalue weighted by Gasteiger charge is -2.28. The number of hydrogen-bond donors (Lipinski definition) is 2. The summed E-state index contributed by atoms with van der Waals surface area (Å²) in [5.74, 6) is -0.126. The second kappa shape index (κ2) is 7.44. The van der Waals surface area contributed by atoms with Crippen LogP contribution in [-0.2, 0) is 9.59 Å². The Balaban J connectivity index is 1.39. The number of carbonyl (C=O) groups excluding carboxylic acids is 3. The fourth-order valence-electron chi connectivity index (χ4n) is 2.87. The number of nitrogens with one attached hydrogen (secondary N) is 2. The van der Waals surface area contributed by atoms with Crippen LogP contribution in [0.3, 0.4) is 0 Å². The lowest BCUT2D eigenvalue weighted by Crippen LogP contribution is -2.41. The van der Waals surface area contributed by atoms with Gasteiger partial charge >= 0.3 is 0 Å². The Morgan fingerprint density at radius 3 is 2.56 bits per heavy atom. The highest BCUT2D eigenvalue weighted by Crippen LogP contribution is 2.34. The van der Waals surface area contributed by atoms with Crippen LogP contribution in [0.4, 0.5) is 11.4 Å². The number of benzene rings is 2. The minimum Gasteiger partial charge on any atom is -0.349 e. The topological polar surface area (TPSA) is 78.5 Å². The van der Waals surface area contributed by atoms with Crippen molar-refractivity contribution in [2.45, 2.75) is 23.8 Å². The van der Waals surface area contributed by atoms with Crippen molar-refractivity contribution < 1.29 is 14.4 Å². The first-order valence-corrected chi connectivity index (χ1v) is 9.82. The monoisotopic (exact) mass is 381 g/mol. The standard InChI is InChI=1S/C20H19N3O3S/c24-18(11-23-16-3-1-2-4-17(16)27-12-19(23)25)21-14-7-5-13(6-8-14)20(26)22-15-9-10-15/h1-8,15H,9-12H2,(H,21,24)(H,22,26). The maximum atomic E-state index is 12.4. The van der Waals surface area contributed by atoms with Crippen molar-refractivity contribution >= 4 is 40.9 Å². The van der Waals surface area contributed by atoms with Crippen LogP contribution in [0.15, 0.2) is 53.4 Å². The van der Waals surface area contributed by atoms with E-state index in [-0.39, 0.29) is 24.3 Å². The zero-order chi connectivity index (χ0) is 18.8. The molecule has 4 rings (SSSR count). The van der Waals surface area contributed by atoms with E-state index in [1.807, 2.05) is 24.3 Å². The minimum atomic E-state index is -0.278. The van der Waals surface area contributed by atoms with E-state index in [4.69, 9.17) is 0 Å². The highest BCUT2D eigenvalue weighted by molar-refractivity contribution is 8.00. The lowest BCUT2D eigenvalue weighted by atomic mass is 10.2. The molecule has 2 aromatic rings. The molecule has 3 amide bonds. The number of hydrogen-bond acceptors (Lipinski definition) is 4. The molecule has 0 unspecified atom stereocenters. The summed E-state index contributed by atoms with van der Waals surface area (Å²) in [5, 5.41) is 5.71. The number of carbonyl (C=O) groups is 3. The largest absolute Gasteiger partial charge is 0.349 e. The fraction of sp³-hybridized carbons (Fsp3) is 0.250. The normalized spacial score (nSPS) is 15.9. The number of rotatable bonds is 5. The van der Waals surface area contributed by atoms with Gasteiger partial charge in [-0.05, 0) is 49.2 Å². The second-order valence-electron chi connectivity index (χ2n) is 6.61. The van der Waals surface area contributed by atoms with Crippen molar-refractivity contribution in [1.82, 2.24) is 5.32 Å². The summed E-state index contributed by atoms with van der Waals surface area (Å²) in [5.41, 5.74) is 1.92. The molecule has 138 valence electrons. The van der Waals surface area contributed by atoms with E-state index in [1.54, 1.807) is 24.3 Å². The van der Waals surface area contributed by atoms with E-state index in [0.29, 0.717) is 23.0 Å². The van der Waals surface area contributed by atoms with Gasteiger partial charge in [-0.25, -0.2) is 0 Å². The quantitative estimate of drug-likeness (QED) is 0.835. The zero-order valence-corrected chi connectivity index (χ0v) is 15.4. The molecule has 2 N–H and O–H groups in total. The molecule has 0 bridgehead atoms. The van der Waals surface area contributed by atoms with Crippen LogP contribution < -0.4 is 15.5 Å². The summed E-state index contributed by atoms with van der Waals surface area (Å²) in [4.78, 5) is 39.2. The van der Waals surface area contributed by atoms with Crippen molar-refractivity contribution in [3.05, 3.63) is 54.1 Å². The van der Waals surface area contributed by atoms with Crippen molar-refractivity contribution in [2.24, 2.45) is 0 Å². The third kappa shape index (κ3) is 4.14. The Bertz CT molecular complexity index is 894. The number of amides is 3. The van der Waals surface area contributed by atoms with Gasteiger partial charge in [0.1, 0.15) is 6.54 Å². The SMILES string of the molecule is O=C(CN1C(=O)CSc2ccccc21)Nc1ccc(C(=O)NC2CC2)cc1. The van der Waals surface area contributed by atoms with Gasteiger partial charge in [-0.1, -0.05) is 12.1 Å². The molecule has 0 saturated heterocycles. The van der Waals surface area contributed by atoms with Crippen LogP contribution in [0.25, 0.3) is 0 Å². The van der Waals surface area contributed by atoms with Gasteiger partial charge in [0.25, 0.3) is 5.91 Å². The molecule has 27 heavy (non-hydrogen) atoms. The Morgan fingerprint density at radius 1 is 1.07 bits per heavy atom. The summed E-state index contributed by atoms with van der Waals surface area (Å²) in [7, 11) is 0. The smallest absolute Gasteiger partial charge is 0.251 e. The summed E-state index contributed by atoms with van der Waals surface area (Å²) in [6.07, 6.45) is 2.08. The Morgan fingerprint density at radius 2 is 1.81 bits per heavy atom. The molecule has 1 aliphatic heterocycles. The predicted octanol–water partition coefficient (Wildman–Crippen LogP) is 2.66. The fourth-order valence-corrected chi connectivity index (χ4v) is 3.81. The van der Waals surface area contributed by atoms with Crippen LogP contribution in [0, 0.1) is 0 Å². The third-order valence-electron chi connectivity index (χ3n) is 4.45. The van der Waals surface area contributed by atoms with E-state index in [2.05, 4.69) is 10.6 Å². The Labute approximate surface area is 161 Å². The number of para-hydroxylation sites is 1. The molecule has 7 heteroatoms. The molecule has 0 aromatic heterocycles. The predicted molar refractivity (Wildman–Crippen MR) is 105 cm³/mol. The summed E-state index contributed by atoms with van der Waals surface area (Å²) >= 11 is 1.48. The number of thioether (sulfide) groups is 1. The summed E-state index contributed by atoms with van der Waals surface area (Å²) in [6.45, 7) is -0.0413. The number of nitrogens with zero attached hydrogens (tertiary/aromatic N) is 1. The van der Waals surface area contributed by atoms with Crippen molar-refractivity contribution in [1.29, 1.82) is 0 Å². The molecule has 1 aliphatic carbocycles. The summed E-state index contributed by atoms with van der Waals surface area (Å²) in [6, 6.07) is 14.6. The van der Waals surface area contributed by atoms with E-state index in [0.717, 1.165) is 23.4 Å². The van der Waals surface area contributed by atoms with E-state index in [9.17, 15) is 14.4 Å². The molecule has 2 aromatic carbocycles. The molecule has 0 spiro atoms. The molecule has 1 heterocycles. The van der Waals surface area contributed by atoms with E-state index < -0.39 is 0 Å². The van der Waals surface area contributed by atoms with Crippen molar-refractivity contribution in [3.8, 4) is 0 Å². The van der Waals surface area contributed by atoms with Gasteiger partial charge < -0.3 is 15.5 Å². The van der Waals surface area contributed by atoms with E-state index in [1.165, 1.54) is 16.7 Å².